The van der Waals surface area contributed by atoms with Crippen molar-refractivity contribution >= 4 is 6.16 Å². The summed E-state index contributed by atoms with van der Waals surface area (Å²) in [6.07, 6.45) is -1.30. The molecule has 0 unspecified atom stereocenters. The molecule has 0 radical (unpaired) electrons. The molecule has 2 aromatic carbocycles. The van der Waals surface area contributed by atoms with Gasteiger partial charge in [0.15, 0.2) is 0 Å². The van der Waals surface area contributed by atoms with Crippen molar-refractivity contribution < 1.29 is 14.6 Å². The van der Waals surface area contributed by atoms with Gasteiger partial charge in [0.1, 0.15) is 5.75 Å². The van der Waals surface area contributed by atoms with Crippen molar-refractivity contribution in [2.45, 2.75) is 52.4 Å². The predicted molar refractivity (Wildman–Crippen MR) is 97.9 cm³/mol. The van der Waals surface area contributed by atoms with Crippen molar-refractivity contribution in [2.24, 2.45) is 0 Å². The van der Waals surface area contributed by atoms with Crippen molar-refractivity contribution in [3.63, 3.8) is 0 Å². The van der Waals surface area contributed by atoms with E-state index in [1.165, 1.54) is 11.1 Å². The second-order valence-electron chi connectivity index (χ2n) is 8.09. The summed E-state index contributed by atoms with van der Waals surface area (Å²) < 4.78 is 5.01. The van der Waals surface area contributed by atoms with Crippen LogP contribution in [0.4, 0.5) is 4.79 Å². The minimum atomic E-state index is -1.30. The molecule has 0 aliphatic rings. The molecule has 0 saturated heterocycles. The van der Waals surface area contributed by atoms with Gasteiger partial charge in [0.05, 0.1) is 0 Å². The van der Waals surface area contributed by atoms with Crippen LogP contribution >= 0.6 is 0 Å². The maximum Gasteiger partial charge on any atom is 0.511 e. The van der Waals surface area contributed by atoms with Gasteiger partial charge in [-0.05, 0) is 33.6 Å². The molecule has 24 heavy (non-hydrogen) atoms. The molecular weight excluding hydrogens is 300 g/mol. The Morgan fingerprint density at radius 3 is 1.96 bits per heavy atom. The molecule has 0 aliphatic heterocycles. The van der Waals surface area contributed by atoms with Crippen LogP contribution in [0.2, 0.25) is 0 Å². The Bertz CT molecular complexity index is 746. The van der Waals surface area contributed by atoms with E-state index in [9.17, 15) is 4.79 Å². The van der Waals surface area contributed by atoms with Crippen LogP contribution in [0.15, 0.2) is 42.5 Å². The summed E-state index contributed by atoms with van der Waals surface area (Å²) in [4.78, 5) is 11.0. The average molecular weight is 326 g/mol. The highest BCUT2D eigenvalue weighted by Gasteiger charge is 2.28. The van der Waals surface area contributed by atoms with Crippen LogP contribution in [0.25, 0.3) is 11.1 Å². The van der Waals surface area contributed by atoms with E-state index < -0.39 is 6.16 Å². The minimum Gasteiger partial charge on any atom is -0.449 e. The maximum absolute atomic E-state index is 11.0. The second kappa shape index (κ2) is 6.31. The highest BCUT2D eigenvalue weighted by Crippen LogP contribution is 2.42. The van der Waals surface area contributed by atoms with Gasteiger partial charge >= 0.3 is 6.16 Å². The Hall–Kier alpha value is -2.29. The predicted octanol–water partition coefficient (Wildman–Crippen LogP) is 6.01. The highest BCUT2D eigenvalue weighted by atomic mass is 16.7. The number of para-hydroxylation sites is 1. The van der Waals surface area contributed by atoms with Gasteiger partial charge in [-0.3, -0.25) is 0 Å². The normalized spacial score (nSPS) is 12.1. The molecule has 0 heterocycles. The first-order valence-electron chi connectivity index (χ1n) is 8.16. The molecule has 0 bridgehead atoms. The van der Waals surface area contributed by atoms with Gasteiger partial charge in [0, 0.05) is 5.56 Å². The summed E-state index contributed by atoms with van der Waals surface area (Å²) in [6.45, 7) is 13.1. The zero-order chi connectivity index (χ0) is 18.1. The van der Waals surface area contributed by atoms with Gasteiger partial charge in [0.2, 0.25) is 0 Å². The molecular formula is C21H26O3. The quantitative estimate of drug-likeness (QED) is 0.543. The number of hydrogen-bond acceptors (Lipinski definition) is 2. The van der Waals surface area contributed by atoms with Crippen molar-refractivity contribution in [3.8, 4) is 16.9 Å². The Morgan fingerprint density at radius 2 is 1.42 bits per heavy atom. The number of benzene rings is 2. The van der Waals surface area contributed by atoms with Gasteiger partial charge < -0.3 is 9.84 Å². The smallest absolute Gasteiger partial charge is 0.449 e. The molecule has 3 heteroatoms. The lowest BCUT2D eigenvalue weighted by molar-refractivity contribution is 0.144. The molecule has 0 amide bonds. The molecule has 0 aromatic heterocycles. The van der Waals surface area contributed by atoms with E-state index in [-0.39, 0.29) is 10.8 Å². The summed E-state index contributed by atoms with van der Waals surface area (Å²) in [5.41, 5.74) is 4.20. The van der Waals surface area contributed by atoms with E-state index in [1.54, 1.807) is 12.1 Å². The molecule has 128 valence electrons. The Morgan fingerprint density at radius 1 is 0.833 bits per heavy atom. The third-order valence-corrected chi connectivity index (χ3v) is 4.00. The van der Waals surface area contributed by atoms with E-state index >= 15 is 0 Å². The van der Waals surface area contributed by atoms with E-state index in [0.717, 1.165) is 11.1 Å². The fourth-order valence-corrected chi connectivity index (χ4v) is 3.08. The van der Waals surface area contributed by atoms with Crippen LogP contribution in [0.5, 0.6) is 5.75 Å². The van der Waals surface area contributed by atoms with E-state index in [4.69, 9.17) is 9.84 Å². The van der Waals surface area contributed by atoms with Crippen molar-refractivity contribution in [1.82, 2.24) is 0 Å². The van der Waals surface area contributed by atoms with Gasteiger partial charge in [-0.2, -0.15) is 0 Å². The summed E-state index contributed by atoms with van der Waals surface area (Å²) >= 11 is 0. The van der Waals surface area contributed by atoms with Gasteiger partial charge in [0.25, 0.3) is 0 Å². The Labute approximate surface area is 144 Å². The van der Waals surface area contributed by atoms with Crippen molar-refractivity contribution in [3.05, 3.63) is 53.6 Å². The SMILES string of the molecule is CC(C)(C)c1cccc(-c2ccccc2OC(=O)O)c1C(C)(C)C. The van der Waals surface area contributed by atoms with Gasteiger partial charge in [-0.25, -0.2) is 4.79 Å². The number of hydrogen-bond donors (Lipinski definition) is 1. The molecule has 0 saturated carbocycles. The summed E-state index contributed by atoms with van der Waals surface area (Å²) in [7, 11) is 0. The van der Waals surface area contributed by atoms with E-state index in [1.807, 2.05) is 24.3 Å². The minimum absolute atomic E-state index is 0.0127. The topological polar surface area (TPSA) is 46.5 Å². The first-order valence-corrected chi connectivity index (χ1v) is 8.16. The lowest BCUT2D eigenvalue weighted by Crippen LogP contribution is -2.23. The van der Waals surface area contributed by atoms with E-state index in [0.29, 0.717) is 5.75 Å². The molecule has 0 spiro atoms. The summed E-state index contributed by atoms with van der Waals surface area (Å²) in [5, 5.41) is 9.03. The molecule has 0 fully saturated rings. The largest absolute Gasteiger partial charge is 0.511 e. The van der Waals surface area contributed by atoms with Crippen LogP contribution in [-0.4, -0.2) is 11.3 Å². The second-order valence-corrected chi connectivity index (χ2v) is 8.09. The van der Waals surface area contributed by atoms with Crippen LogP contribution in [0, 0.1) is 0 Å². The zero-order valence-corrected chi connectivity index (χ0v) is 15.3. The lowest BCUT2D eigenvalue weighted by Gasteiger charge is -2.32. The van der Waals surface area contributed by atoms with Crippen molar-refractivity contribution in [2.75, 3.05) is 0 Å². The summed E-state index contributed by atoms with van der Waals surface area (Å²) in [5.74, 6) is 0.363. The monoisotopic (exact) mass is 326 g/mol. The van der Waals surface area contributed by atoms with Crippen LogP contribution in [0.1, 0.15) is 52.7 Å². The van der Waals surface area contributed by atoms with E-state index in [2.05, 4.69) is 47.6 Å². The average Bonchev–Trinajstić information content (AvgIpc) is 2.44. The van der Waals surface area contributed by atoms with Crippen molar-refractivity contribution in [1.29, 1.82) is 0 Å². The molecule has 2 rings (SSSR count). The molecule has 1 N–H and O–H groups in total. The lowest BCUT2D eigenvalue weighted by atomic mass is 9.72. The number of ether oxygens (including phenoxy) is 1. The third kappa shape index (κ3) is 3.78. The molecule has 0 aliphatic carbocycles. The molecule has 3 nitrogen and oxygen atoms in total. The molecule has 2 aromatic rings. The van der Waals surface area contributed by atoms with Crippen LogP contribution in [0.3, 0.4) is 0 Å². The first kappa shape index (κ1) is 18.1. The van der Waals surface area contributed by atoms with Gasteiger partial charge in [-0.1, -0.05) is 77.9 Å². The first-order chi connectivity index (χ1) is 11.0. The maximum atomic E-state index is 11.0. The third-order valence-electron chi connectivity index (χ3n) is 4.00. The zero-order valence-electron chi connectivity index (χ0n) is 15.3. The van der Waals surface area contributed by atoms with Crippen LogP contribution in [-0.2, 0) is 10.8 Å². The fourth-order valence-electron chi connectivity index (χ4n) is 3.08. The number of rotatable bonds is 2. The molecule has 0 atom stereocenters. The fraction of sp³-hybridized carbons (Fsp3) is 0.381. The Balaban J connectivity index is 2.80. The number of carbonyl (C=O) groups is 1. The summed E-state index contributed by atoms with van der Waals surface area (Å²) in [6, 6.07) is 13.5. The Kier molecular flexibility index (Phi) is 4.75. The standard InChI is InChI=1S/C21H26O3/c1-20(2,3)16-12-9-11-15(18(16)21(4,5)6)14-10-7-8-13-17(14)24-19(22)23/h7-13H,1-6H3,(H,22,23). The van der Waals surface area contributed by atoms with Crippen LogP contribution < -0.4 is 4.74 Å². The number of carboxylic acid groups (broad SMARTS) is 1. The van der Waals surface area contributed by atoms with Gasteiger partial charge in [-0.15, -0.1) is 0 Å². The highest BCUT2D eigenvalue weighted by molar-refractivity contribution is 5.78.